The van der Waals surface area contributed by atoms with Gasteiger partial charge in [0.1, 0.15) is 29.8 Å². The minimum atomic E-state index is -2.88. The number of nitrogen functional groups attached to an aromatic ring is 1. The lowest BCUT2D eigenvalue weighted by Gasteiger charge is -2.41. The van der Waals surface area contributed by atoms with Gasteiger partial charge >= 0.3 is 0 Å². The number of piperidine rings is 1. The van der Waals surface area contributed by atoms with Crippen LogP contribution in [-0.4, -0.2) is 80.6 Å². The van der Waals surface area contributed by atoms with E-state index < -0.39 is 9.84 Å². The van der Waals surface area contributed by atoms with Crippen molar-refractivity contribution in [2.75, 3.05) is 30.3 Å². The Bertz CT molecular complexity index is 2390. The second kappa shape index (κ2) is 13.6. The van der Waals surface area contributed by atoms with Crippen LogP contribution in [0.25, 0.3) is 27.7 Å². The van der Waals surface area contributed by atoms with Gasteiger partial charge in [-0.05, 0) is 85.7 Å². The maximum atomic E-state index is 14.1. The number of nitrogens with two attached hydrogens (primary N) is 1. The van der Waals surface area contributed by atoms with Gasteiger partial charge in [-0.1, -0.05) is 24.3 Å². The van der Waals surface area contributed by atoms with Gasteiger partial charge in [-0.2, -0.15) is 5.10 Å². The molecule has 3 aromatic carbocycles. The van der Waals surface area contributed by atoms with Gasteiger partial charge in [-0.15, -0.1) is 0 Å². The van der Waals surface area contributed by atoms with Gasteiger partial charge in [0.15, 0.2) is 9.84 Å². The van der Waals surface area contributed by atoms with E-state index in [1.165, 1.54) is 18.6 Å². The van der Waals surface area contributed by atoms with Crippen molar-refractivity contribution in [3.63, 3.8) is 0 Å². The number of aromatic amines is 1. The topological polar surface area (TPSA) is 149 Å². The van der Waals surface area contributed by atoms with Crippen LogP contribution in [0.2, 0.25) is 0 Å². The predicted octanol–water partition coefficient (Wildman–Crippen LogP) is 5.50. The van der Waals surface area contributed by atoms with E-state index in [1.54, 1.807) is 35.3 Å². The fraction of sp³-hybridized carbons (Fsp3) is 0.282. The molecule has 2 saturated heterocycles. The van der Waals surface area contributed by atoms with Crippen LogP contribution in [-0.2, 0) is 22.7 Å². The lowest BCUT2D eigenvalue weighted by molar-refractivity contribution is 0.0828. The van der Waals surface area contributed by atoms with Crippen molar-refractivity contribution in [2.45, 2.75) is 44.8 Å². The molecule has 3 N–H and O–H groups in total. The Hall–Kier alpha value is -5.40. The maximum absolute atomic E-state index is 14.1. The summed E-state index contributed by atoms with van der Waals surface area (Å²) in [6.07, 6.45) is 9.17. The molecule has 0 amide bonds. The van der Waals surface area contributed by atoms with E-state index >= 15 is 0 Å². The first-order valence-corrected chi connectivity index (χ1v) is 19.2. The highest BCUT2D eigenvalue weighted by atomic mass is 32.2. The molecule has 6 aromatic rings. The first kappa shape index (κ1) is 33.7. The molecule has 13 heteroatoms. The van der Waals surface area contributed by atoms with E-state index in [1.807, 2.05) is 43.3 Å². The Balaban J connectivity index is 1.01. The Labute approximate surface area is 300 Å². The number of ketones is 1. The van der Waals surface area contributed by atoms with Gasteiger partial charge in [0.25, 0.3) is 0 Å². The number of carbonyl (C=O) groups excluding carboxylic acids is 1. The molecule has 266 valence electrons. The third-order valence-corrected chi connectivity index (χ3v) is 12.0. The normalized spacial score (nSPS) is 16.6. The number of aryl methyl sites for hydroxylation is 3. The number of sulfone groups is 1. The smallest absolute Gasteiger partial charge is 0.214 e. The SMILES string of the molecule is Cc1cc(-n2ncc(C(=O)c3cc4cc(OC5CCN(C6CS(=O)(=O)C6)CC5)c(-c5cncnc5)cc4[nH]3)c2N)ccc1CCc1ccccc1F. The van der Waals surface area contributed by atoms with Crippen LogP contribution in [0.15, 0.2) is 85.6 Å². The largest absolute Gasteiger partial charge is 0.490 e. The minimum Gasteiger partial charge on any atom is -0.490 e. The van der Waals surface area contributed by atoms with Crippen molar-refractivity contribution in [2.24, 2.45) is 0 Å². The van der Waals surface area contributed by atoms with Crippen molar-refractivity contribution in [3.05, 3.63) is 119 Å². The summed E-state index contributed by atoms with van der Waals surface area (Å²) in [5.41, 5.74) is 13.0. The molecule has 5 heterocycles. The summed E-state index contributed by atoms with van der Waals surface area (Å²) in [5, 5.41) is 5.26. The van der Waals surface area contributed by atoms with Crippen LogP contribution in [0, 0.1) is 12.7 Å². The van der Waals surface area contributed by atoms with E-state index in [0.717, 1.165) is 64.8 Å². The second-order valence-corrected chi connectivity index (χ2v) is 15.9. The summed E-state index contributed by atoms with van der Waals surface area (Å²) >= 11 is 0. The first-order chi connectivity index (χ1) is 25.1. The highest BCUT2D eigenvalue weighted by Gasteiger charge is 2.39. The number of H-pyrrole nitrogens is 1. The Morgan fingerprint density at radius 2 is 1.73 bits per heavy atom. The van der Waals surface area contributed by atoms with Crippen LogP contribution in [0.1, 0.15) is 45.6 Å². The van der Waals surface area contributed by atoms with E-state index in [4.69, 9.17) is 10.5 Å². The Kier molecular flexibility index (Phi) is 8.84. The summed E-state index contributed by atoms with van der Waals surface area (Å²) in [6, 6.07) is 18.4. The lowest BCUT2D eigenvalue weighted by atomic mass is 10.00. The van der Waals surface area contributed by atoms with Crippen molar-refractivity contribution in [3.8, 4) is 22.6 Å². The summed E-state index contributed by atoms with van der Waals surface area (Å²) in [5.74, 6) is 0.855. The zero-order valence-corrected chi connectivity index (χ0v) is 29.4. The average molecular weight is 720 g/mol. The van der Waals surface area contributed by atoms with E-state index in [-0.39, 0.29) is 46.6 Å². The summed E-state index contributed by atoms with van der Waals surface area (Å²) in [6.45, 7) is 3.54. The zero-order valence-electron chi connectivity index (χ0n) is 28.6. The fourth-order valence-corrected chi connectivity index (χ4v) is 8.77. The number of halogens is 1. The molecule has 0 aliphatic carbocycles. The number of aromatic nitrogens is 5. The van der Waals surface area contributed by atoms with E-state index in [9.17, 15) is 17.6 Å². The third-order valence-electron chi connectivity index (χ3n) is 10.3. The summed E-state index contributed by atoms with van der Waals surface area (Å²) in [7, 11) is -2.88. The van der Waals surface area contributed by atoms with Gasteiger partial charge in [-0.25, -0.2) is 27.5 Å². The molecule has 2 fully saturated rings. The maximum Gasteiger partial charge on any atom is 0.214 e. The summed E-state index contributed by atoms with van der Waals surface area (Å²) < 4.78 is 45.7. The molecule has 0 saturated carbocycles. The number of hydrogen-bond donors (Lipinski definition) is 2. The van der Waals surface area contributed by atoms with Gasteiger partial charge in [0.2, 0.25) is 5.78 Å². The van der Waals surface area contributed by atoms with Crippen molar-refractivity contribution < 1.29 is 22.3 Å². The number of likely N-dealkylation sites (tertiary alicyclic amines) is 1. The van der Waals surface area contributed by atoms with E-state index in [2.05, 4.69) is 25.0 Å². The fourth-order valence-electron chi connectivity index (χ4n) is 7.28. The lowest BCUT2D eigenvalue weighted by Crippen LogP contribution is -2.56. The number of hydrogen-bond acceptors (Lipinski definition) is 9. The highest BCUT2D eigenvalue weighted by Crippen LogP contribution is 2.36. The molecule has 52 heavy (non-hydrogen) atoms. The molecular formula is C39H38FN7O4S. The molecule has 2 aliphatic rings. The van der Waals surface area contributed by atoms with Crippen LogP contribution < -0.4 is 10.5 Å². The minimum absolute atomic E-state index is 0.0518. The monoisotopic (exact) mass is 719 g/mol. The number of carbonyl (C=O) groups is 1. The van der Waals surface area contributed by atoms with Crippen molar-refractivity contribution in [1.82, 2.24) is 29.6 Å². The predicted molar refractivity (Wildman–Crippen MR) is 197 cm³/mol. The number of nitrogens with zero attached hydrogens (tertiary/aromatic N) is 5. The number of rotatable bonds is 10. The highest BCUT2D eigenvalue weighted by molar-refractivity contribution is 7.92. The molecular weight excluding hydrogens is 682 g/mol. The molecule has 0 unspecified atom stereocenters. The molecule has 3 aromatic heterocycles. The number of anilines is 1. The van der Waals surface area contributed by atoms with Crippen LogP contribution in [0.5, 0.6) is 5.75 Å². The second-order valence-electron chi connectivity index (χ2n) is 13.7. The third kappa shape index (κ3) is 6.69. The molecule has 0 bridgehead atoms. The molecule has 0 atom stereocenters. The van der Waals surface area contributed by atoms with Gasteiger partial charge in [-0.3, -0.25) is 9.69 Å². The number of nitrogens with one attached hydrogen (secondary N) is 1. The van der Waals surface area contributed by atoms with Gasteiger partial charge < -0.3 is 15.5 Å². The Morgan fingerprint density at radius 3 is 2.46 bits per heavy atom. The quantitative estimate of drug-likeness (QED) is 0.175. The van der Waals surface area contributed by atoms with Crippen LogP contribution in [0.3, 0.4) is 0 Å². The van der Waals surface area contributed by atoms with E-state index in [0.29, 0.717) is 29.8 Å². The molecule has 8 rings (SSSR count). The van der Waals surface area contributed by atoms with Gasteiger partial charge in [0.05, 0.1) is 34.6 Å². The van der Waals surface area contributed by atoms with Crippen molar-refractivity contribution >= 4 is 32.3 Å². The van der Waals surface area contributed by atoms with Gasteiger partial charge in [0, 0.05) is 53.6 Å². The molecule has 11 nitrogen and oxygen atoms in total. The van der Waals surface area contributed by atoms with Crippen molar-refractivity contribution in [1.29, 1.82) is 0 Å². The number of fused-ring (bicyclic) bond motifs is 1. The number of benzene rings is 3. The Morgan fingerprint density at radius 1 is 0.981 bits per heavy atom. The zero-order chi connectivity index (χ0) is 36.0. The first-order valence-electron chi connectivity index (χ1n) is 17.4. The molecule has 0 radical (unpaired) electrons. The molecule has 2 aliphatic heterocycles. The standard InChI is InChI=1S/C39H38FN7O4S/c1-24-14-29(9-8-25(24)6-7-26-4-2-3-5-34(26)40)47-39(41)33(20-44-47)38(48)36-15-27-16-37(32(17-35(27)45-36)28-18-42-23-43-19-28)51-31-10-12-46(13-11-31)30-21-52(49,50)22-30/h2-5,8-9,14-20,23,30-31,45H,6-7,10-13,21-22,41H2,1H3. The van der Waals surface area contributed by atoms with Crippen LogP contribution >= 0.6 is 0 Å². The summed E-state index contributed by atoms with van der Waals surface area (Å²) in [4.78, 5) is 27.8. The van der Waals surface area contributed by atoms with Crippen LogP contribution in [0.4, 0.5) is 10.2 Å². The number of ether oxygens (including phenoxy) is 1. The molecule has 0 spiro atoms. The average Bonchev–Trinajstić information content (AvgIpc) is 3.74.